The van der Waals surface area contributed by atoms with Gasteiger partial charge in [-0.2, -0.15) is 5.10 Å². The summed E-state index contributed by atoms with van der Waals surface area (Å²) in [5.74, 6) is -0.0980. The molecule has 0 saturated carbocycles. The highest BCUT2D eigenvalue weighted by Crippen LogP contribution is 2.20. The van der Waals surface area contributed by atoms with Gasteiger partial charge in [-0.15, -0.1) is 0 Å². The van der Waals surface area contributed by atoms with Crippen LogP contribution in [-0.2, 0) is 0 Å². The summed E-state index contributed by atoms with van der Waals surface area (Å²) in [5, 5.41) is 4.30. The standard InChI is InChI=1S/C8H5BrClN3O/c1-4(14)6-3-11-8-5(9)2-7(10)12-13(6)8/h2-3H,1H3. The molecule has 14 heavy (non-hydrogen) atoms. The van der Waals surface area contributed by atoms with Crippen molar-refractivity contribution in [2.75, 3.05) is 0 Å². The molecule has 0 aromatic carbocycles. The average Bonchev–Trinajstić information content (AvgIpc) is 2.47. The highest BCUT2D eigenvalue weighted by molar-refractivity contribution is 9.10. The van der Waals surface area contributed by atoms with Gasteiger partial charge in [0.15, 0.2) is 16.6 Å². The molecule has 0 fully saturated rings. The first-order valence-corrected chi connectivity index (χ1v) is 4.97. The molecule has 0 spiro atoms. The molecule has 4 nitrogen and oxygen atoms in total. The largest absolute Gasteiger partial charge is 0.293 e. The highest BCUT2D eigenvalue weighted by atomic mass is 79.9. The Hall–Kier alpha value is -0.940. The van der Waals surface area contributed by atoms with Crippen molar-refractivity contribution in [3.63, 3.8) is 0 Å². The lowest BCUT2D eigenvalue weighted by molar-refractivity contribution is 0.101. The first-order valence-electron chi connectivity index (χ1n) is 3.80. The number of carbonyl (C=O) groups is 1. The molecule has 2 aromatic heterocycles. The molecule has 72 valence electrons. The number of Topliss-reactive ketones (excluding diaryl/α,β-unsaturated/α-hetero) is 1. The Bertz CT molecular complexity index is 523. The number of ketones is 1. The maximum absolute atomic E-state index is 11.2. The lowest BCUT2D eigenvalue weighted by Crippen LogP contribution is -2.02. The molecule has 0 aliphatic carbocycles. The molecule has 0 radical (unpaired) electrons. The van der Waals surface area contributed by atoms with E-state index in [9.17, 15) is 4.79 Å². The maximum Gasteiger partial charge on any atom is 0.179 e. The van der Waals surface area contributed by atoms with E-state index in [-0.39, 0.29) is 5.78 Å². The van der Waals surface area contributed by atoms with Gasteiger partial charge in [0.05, 0.1) is 10.7 Å². The van der Waals surface area contributed by atoms with Gasteiger partial charge in [0, 0.05) is 6.92 Å². The predicted octanol–water partition coefficient (Wildman–Crippen LogP) is 2.35. The van der Waals surface area contributed by atoms with Gasteiger partial charge in [-0.25, -0.2) is 9.50 Å². The summed E-state index contributed by atoms with van der Waals surface area (Å²) in [4.78, 5) is 15.2. The minimum Gasteiger partial charge on any atom is -0.293 e. The van der Waals surface area contributed by atoms with E-state index in [1.165, 1.54) is 17.6 Å². The van der Waals surface area contributed by atoms with Gasteiger partial charge in [-0.1, -0.05) is 11.6 Å². The number of nitrogens with zero attached hydrogens (tertiary/aromatic N) is 3. The molecule has 2 rings (SSSR count). The van der Waals surface area contributed by atoms with Crippen LogP contribution in [0.1, 0.15) is 17.4 Å². The second kappa shape index (κ2) is 3.33. The third kappa shape index (κ3) is 1.42. The molecule has 0 amide bonds. The van der Waals surface area contributed by atoms with Crippen LogP contribution in [0.4, 0.5) is 0 Å². The van der Waals surface area contributed by atoms with Crippen LogP contribution >= 0.6 is 27.5 Å². The fourth-order valence-electron chi connectivity index (χ4n) is 1.14. The van der Waals surface area contributed by atoms with E-state index in [0.717, 1.165) is 0 Å². The van der Waals surface area contributed by atoms with E-state index < -0.39 is 0 Å². The lowest BCUT2D eigenvalue weighted by Gasteiger charge is -1.98. The van der Waals surface area contributed by atoms with Gasteiger partial charge >= 0.3 is 0 Å². The molecule has 0 aliphatic heterocycles. The zero-order chi connectivity index (χ0) is 10.3. The normalized spacial score (nSPS) is 10.8. The first kappa shape index (κ1) is 9.61. The second-order valence-electron chi connectivity index (χ2n) is 2.75. The number of rotatable bonds is 1. The Labute approximate surface area is 93.0 Å². The van der Waals surface area contributed by atoms with Crippen molar-refractivity contribution < 1.29 is 4.79 Å². The van der Waals surface area contributed by atoms with Crippen molar-refractivity contribution in [3.8, 4) is 0 Å². The number of hydrogen-bond acceptors (Lipinski definition) is 3. The molecular weight excluding hydrogens is 269 g/mol. The maximum atomic E-state index is 11.2. The van der Waals surface area contributed by atoms with Gasteiger partial charge in [-0.3, -0.25) is 4.79 Å². The van der Waals surface area contributed by atoms with Crippen LogP contribution in [-0.4, -0.2) is 20.4 Å². The molecule has 0 atom stereocenters. The van der Waals surface area contributed by atoms with Crippen LogP contribution < -0.4 is 0 Å². The number of imidazole rings is 1. The van der Waals surface area contributed by atoms with Crippen LogP contribution in [0, 0.1) is 0 Å². The summed E-state index contributed by atoms with van der Waals surface area (Å²) < 4.78 is 2.14. The zero-order valence-electron chi connectivity index (χ0n) is 7.16. The quantitative estimate of drug-likeness (QED) is 0.750. The summed E-state index contributed by atoms with van der Waals surface area (Å²) >= 11 is 9.05. The van der Waals surface area contributed by atoms with E-state index in [4.69, 9.17) is 11.6 Å². The molecule has 6 heteroatoms. The molecule has 0 saturated heterocycles. The van der Waals surface area contributed by atoms with Crippen LogP contribution in [0.15, 0.2) is 16.7 Å². The lowest BCUT2D eigenvalue weighted by atomic mass is 10.3. The summed E-state index contributed by atoms with van der Waals surface area (Å²) in [6.07, 6.45) is 1.48. The Morgan fingerprint density at radius 1 is 1.64 bits per heavy atom. The topological polar surface area (TPSA) is 47.3 Å². The Kier molecular flexibility index (Phi) is 2.28. The van der Waals surface area contributed by atoms with Gasteiger partial charge in [0.25, 0.3) is 0 Å². The molecule has 2 aromatic rings. The summed E-state index contributed by atoms with van der Waals surface area (Å²) in [6.45, 7) is 1.46. The molecule has 0 unspecified atom stereocenters. The minimum atomic E-state index is -0.0980. The monoisotopic (exact) mass is 273 g/mol. The summed E-state index contributed by atoms with van der Waals surface area (Å²) in [7, 11) is 0. The smallest absolute Gasteiger partial charge is 0.179 e. The summed E-state index contributed by atoms with van der Waals surface area (Å²) in [6, 6.07) is 1.63. The van der Waals surface area contributed by atoms with Crippen molar-refractivity contribution in [2.24, 2.45) is 0 Å². The van der Waals surface area contributed by atoms with E-state index in [2.05, 4.69) is 26.0 Å². The third-order valence-electron chi connectivity index (χ3n) is 1.75. The van der Waals surface area contributed by atoms with Gasteiger partial charge in [0.2, 0.25) is 0 Å². The summed E-state index contributed by atoms with van der Waals surface area (Å²) in [5.41, 5.74) is 1.00. The van der Waals surface area contributed by atoms with Crippen molar-refractivity contribution in [3.05, 3.63) is 27.6 Å². The van der Waals surface area contributed by atoms with Gasteiger partial charge < -0.3 is 0 Å². The van der Waals surface area contributed by atoms with Crippen molar-refractivity contribution >= 4 is 39.0 Å². The second-order valence-corrected chi connectivity index (χ2v) is 3.99. The van der Waals surface area contributed by atoms with Crippen LogP contribution in [0.3, 0.4) is 0 Å². The van der Waals surface area contributed by atoms with Crippen LogP contribution in [0.2, 0.25) is 5.15 Å². The number of aromatic nitrogens is 3. The highest BCUT2D eigenvalue weighted by Gasteiger charge is 2.11. The number of hydrogen-bond donors (Lipinski definition) is 0. The van der Waals surface area contributed by atoms with Crippen molar-refractivity contribution in [1.29, 1.82) is 0 Å². The number of fused-ring (bicyclic) bond motifs is 1. The van der Waals surface area contributed by atoms with Gasteiger partial charge in [-0.05, 0) is 22.0 Å². The van der Waals surface area contributed by atoms with E-state index in [0.29, 0.717) is 21.0 Å². The van der Waals surface area contributed by atoms with Crippen LogP contribution in [0.25, 0.3) is 5.65 Å². The SMILES string of the molecule is CC(=O)c1cnc2c(Br)cc(Cl)nn12. The molecule has 0 N–H and O–H groups in total. The Morgan fingerprint density at radius 3 is 3.00 bits per heavy atom. The fourth-order valence-corrected chi connectivity index (χ4v) is 1.95. The van der Waals surface area contributed by atoms with E-state index >= 15 is 0 Å². The molecule has 0 aliphatic rings. The zero-order valence-corrected chi connectivity index (χ0v) is 9.50. The van der Waals surface area contributed by atoms with Crippen molar-refractivity contribution in [2.45, 2.75) is 6.92 Å². The molecule has 0 bridgehead atoms. The van der Waals surface area contributed by atoms with E-state index in [1.54, 1.807) is 6.07 Å². The Morgan fingerprint density at radius 2 is 2.36 bits per heavy atom. The predicted molar refractivity (Wildman–Crippen MR) is 55.7 cm³/mol. The molecule has 2 heterocycles. The van der Waals surface area contributed by atoms with Crippen LogP contribution in [0.5, 0.6) is 0 Å². The Balaban J connectivity index is 2.85. The van der Waals surface area contributed by atoms with Gasteiger partial charge in [0.1, 0.15) is 5.69 Å². The number of carbonyl (C=O) groups excluding carboxylic acids is 1. The third-order valence-corrected chi connectivity index (χ3v) is 2.52. The first-order chi connectivity index (χ1) is 6.59. The molecular formula is C8H5BrClN3O. The minimum absolute atomic E-state index is 0.0980. The van der Waals surface area contributed by atoms with Crippen molar-refractivity contribution in [1.82, 2.24) is 14.6 Å². The average molecular weight is 275 g/mol. The number of halogens is 2. The fraction of sp³-hybridized carbons (Fsp3) is 0.125. The van der Waals surface area contributed by atoms with E-state index in [1.807, 2.05) is 0 Å².